The molecule has 0 unspecified atom stereocenters. The van der Waals surface area contributed by atoms with E-state index in [2.05, 4.69) is 63.1 Å². The minimum absolute atomic E-state index is 0.0757. The van der Waals surface area contributed by atoms with E-state index in [0.29, 0.717) is 27.8 Å². The van der Waals surface area contributed by atoms with Crippen LogP contribution in [0.15, 0.2) is 160 Å². The van der Waals surface area contributed by atoms with E-state index in [1.54, 1.807) is 85.3 Å². The summed E-state index contributed by atoms with van der Waals surface area (Å²) in [6.07, 6.45) is 4.96. The number of pyridine rings is 3. The van der Waals surface area contributed by atoms with Gasteiger partial charge in [-0.2, -0.15) is 0 Å². The Kier molecular flexibility index (Phi) is 20.1. The second-order valence-corrected chi connectivity index (χ2v) is 19.4. The second kappa shape index (κ2) is 25.5. The van der Waals surface area contributed by atoms with Crippen molar-refractivity contribution in [3.63, 3.8) is 0 Å². The maximum Gasteiger partial charge on any atom is 0.500 e. The number of hydrogen-bond acceptors (Lipinski definition) is 9. The van der Waals surface area contributed by atoms with Crippen LogP contribution in [0, 0.1) is 45.1 Å². The Labute approximate surface area is 434 Å². The number of hydrogen-bond donors (Lipinski definition) is 1. The lowest BCUT2D eigenvalue weighted by Crippen LogP contribution is -2.41. The summed E-state index contributed by atoms with van der Waals surface area (Å²) in [7, 11) is -0.378. The third-order valence-electron chi connectivity index (χ3n) is 11.3. The molecule has 19 heteroatoms. The first-order valence-corrected chi connectivity index (χ1v) is 24.7. The van der Waals surface area contributed by atoms with Gasteiger partial charge in [0.05, 0.1) is 35.7 Å². The number of rotatable bonds is 7. The molecule has 0 amide bonds. The zero-order valence-electron chi connectivity index (χ0n) is 40.2. The van der Waals surface area contributed by atoms with E-state index >= 15 is 0 Å². The van der Waals surface area contributed by atoms with Gasteiger partial charge in [0.15, 0.2) is 0 Å². The number of benzene rings is 3. The lowest BCUT2D eigenvalue weighted by molar-refractivity contribution is 0.00578. The van der Waals surface area contributed by atoms with Gasteiger partial charge < -0.3 is 32.5 Å². The zero-order valence-corrected chi connectivity index (χ0v) is 45.0. The van der Waals surface area contributed by atoms with Crippen molar-refractivity contribution < 1.29 is 31.5 Å². The Morgan fingerprint density at radius 3 is 1.48 bits per heavy atom. The molecule has 3 aromatic carbocycles. The van der Waals surface area contributed by atoms with Gasteiger partial charge in [0, 0.05) is 78.8 Å². The van der Waals surface area contributed by atoms with Crippen LogP contribution in [0.4, 0.5) is 13.2 Å². The van der Waals surface area contributed by atoms with E-state index in [-0.39, 0.29) is 65.5 Å². The van der Waals surface area contributed by atoms with E-state index in [1.165, 1.54) is 45.5 Å². The van der Waals surface area contributed by atoms with Gasteiger partial charge in [-0.3, -0.25) is 14.4 Å². The molecule has 0 bridgehead atoms. The van der Waals surface area contributed by atoms with E-state index in [1.807, 2.05) is 61.5 Å². The molecule has 0 saturated carbocycles. The van der Waals surface area contributed by atoms with Crippen LogP contribution < -0.4 is 22.1 Å². The maximum atomic E-state index is 13.8. The van der Waals surface area contributed by atoms with Crippen LogP contribution in [-0.2, 0) is 27.7 Å². The van der Waals surface area contributed by atoms with Crippen LogP contribution >= 0.6 is 47.8 Å². The molecular formula is C52H52BBr3F3N5O7. The van der Waals surface area contributed by atoms with E-state index in [9.17, 15) is 27.6 Å². The summed E-state index contributed by atoms with van der Waals surface area (Å²) >= 11 is 9.62. The van der Waals surface area contributed by atoms with E-state index in [4.69, 9.17) is 18.4 Å². The molecule has 71 heavy (non-hydrogen) atoms. The highest BCUT2D eigenvalue weighted by molar-refractivity contribution is 9.10. The molecule has 0 atom stereocenters. The van der Waals surface area contributed by atoms with Crippen molar-refractivity contribution in [2.75, 3.05) is 0 Å². The highest BCUT2D eigenvalue weighted by atomic mass is 79.9. The van der Waals surface area contributed by atoms with Gasteiger partial charge >= 0.3 is 7.12 Å². The van der Waals surface area contributed by atoms with Gasteiger partial charge in [0.25, 0.3) is 11.1 Å². The lowest BCUT2D eigenvalue weighted by atomic mass is 9.77. The molecule has 1 aliphatic heterocycles. The molecule has 372 valence electrons. The molecule has 0 radical (unpaired) electrons. The van der Waals surface area contributed by atoms with Gasteiger partial charge in [0.2, 0.25) is 5.56 Å². The summed E-state index contributed by atoms with van der Waals surface area (Å²) in [5.41, 5.74) is 4.82. The van der Waals surface area contributed by atoms with E-state index < -0.39 is 0 Å². The smallest absolute Gasteiger partial charge is 0.399 e. The topological polar surface area (TPSA) is 147 Å². The molecule has 8 aromatic rings. The molecule has 12 nitrogen and oxygen atoms in total. The van der Waals surface area contributed by atoms with Crippen molar-refractivity contribution in [2.24, 2.45) is 0 Å². The summed E-state index contributed by atoms with van der Waals surface area (Å²) in [5.74, 6) is 0.686. The minimum atomic E-state index is -0.378. The highest BCUT2D eigenvalue weighted by Crippen LogP contribution is 2.37. The lowest BCUT2D eigenvalue weighted by Gasteiger charge is -2.32. The fraction of sp³-hybridized carbons (Fsp3) is 0.250. The Hall–Kier alpha value is -5.86. The molecule has 9 rings (SSSR count). The minimum Gasteiger partial charge on any atom is -0.399 e. The highest BCUT2D eigenvalue weighted by Gasteiger charge is 2.53. The van der Waals surface area contributed by atoms with Gasteiger partial charge in [0.1, 0.15) is 29.0 Å². The Balaban J connectivity index is 0.000000173. The first-order valence-electron chi connectivity index (χ1n) is 22.0. The van der Waals surface area contributed by atoms with Crippen LogP contribution in [0.5, 0.6) is 0 Å². The van der Waals surface area contributed by atoms with Crippen LogP contribution in [0.3, 0.4) is 0 Å². The molecule has 1 aliphatic rings. The Morgan fingerprint density at radius 2 is 1.06 bits per heavy atom. The average molecular weight is 1170 g/mol. The number of nitrogens with one attached hydrogen (secondary N) is 1. The van der Waals surface area contributed by atoms with Crippen LogP contribution in [0.1, 0.15) is 67.3 Å². The molecule has 5 aromatic heterocycles. The van der Waals surface area contributed by atoms with Gasteiger partial charge in [-0.1, -0.05) is 80.8 Å². The summed E-state index contributed by atoms with van der Waals surface area (Å²) < 4.78 is 66.5. The Morgan fingerprint density at radius 1 is 0.592 bits per heavy atom. The number of aromatic amines is 1. The van der Waals surface area contributed by atoms with Crippen LogP contribution in [0.2, 0.25) is 0 Å². The van der Waals surface area contributed by atoms with Crippen molar-refractivity contribution >= 4 is 60.4 Å². The summed E-state index contributed by atoms with van der Waals surface area (Å²) in [6.45, 7) is 16.0. The van der Waals surface area contributed by atoms with E-state index in [0.717, 1.165) is 42.7 Å². The summed E-state index contributed by atoms with van der Waals surface area (Å²) in [4.78, 5) is 36.4. The molecule has 1 fully saturated rings. The van der Waals surface area contributed by atoms with Crippen LogP contribution in [-0.4, -0.2) is 42.8 Å². The predicted octanol–water partition coefficient (Wildman–Crippen LogP) is 11.6. The molecule has 1 N–H and O–H groups in total. The fourth-order valence-corrected chi connectivity index (χ4v) is 7.81. The Bertz CT molecular complexity index is 3150. The molecule has 1 saturated heterocycles. The predicted molar refractivity (Wildman–Crippen MR) is 281 cm³/mol. The number of aryl methyl sites for hydroxylation is 4. The van der Waals surface area contributed by atoms with Crippen LogP contribution in [0.25, 0.3) is 11.1 Å². The second-order valence-electron chi connectivity index (χ2n) is 17.0. The quantitative estimate of drug-likeness (QED) is 0.122. The first-order chi connectivity index (χ1) is 33.6. The SMILES string of the molecule is Cc1noc(C)c1-c1ccc(=O)n(Cc2ccccc2F)c1.Cc1noc(C)c1B1OC(C)(C)C(C)(C)O1.Fc1ccccc1CBr.O=c1ccc(Br)c[nH]1.O=c1ccc(Br)cn1Cc1ccccc1F. The van der Waals surface area contributed by atoms with Crippen molar-refractivity contribution in [1.29, 1.82) is 0 Å². The number of halogens is 6. The first kappa shape index (κ1) is 56.1. The number of alkyl halides is 1. The average Bonchev–Trinajstić information content (AvgIpc) is 3.93. The molecular weight excluding hydrogens is 1110 g/mol. The van der Waals surface area contributed by atoms with Crippen molar-refractivity contribution in [1.82, 2.24) is 24.4 Å². The molecule has 0 spiro atoms. The molecule has 6 heterocycles. The standard InChI is InChI=1S/C17H15FN2O2.C12H9BrFNO.C11H18BNO3.C7H6BrF.C5H4BrNO/c1-11-17(12(2)22-19-11)14-7-8-16(21)20(10-14)9-13-5-3-4-6-15(13)18;13-10-5-6-12(16)15(8-10)7-9-3-1-2-4-11(9)14;1-7-9(8(2)14-13-7)12-15-10(3,4)11(5,6)16-12;8-5-6-3-1-2-4-7(6)9;6-4-1-2-5(8)7-3-4/h3-8,10H,9H2,1-2H3;1-6,8H,7H2;1-6H3;1-4H,5H2;1-3H,(H,7,8). The molecule has 0 aliphatic carbocycles. The third kappa shape index (κ3) is 15.6. The summed E-state index contributed by atoms with van der Waals surface area (Å²) in [6, 6.07) is 29.1. The van der Waals surface area contributed by atoms with Gasteiger partial charge in [-0.15, -0.1) is 0 Å². The van der Waals surface area contributed by atoms with Crippen molar-refractivity contribution in [2.45, 2.75) is 85.0 Å². The zero-order chi connectivity index (χ0) is 52.0. The fourth-order valence-electron chi connectivity index (χ4n) is 6.73. The number of H-pyrrole nitrogens is 1. The monoisotopic (exact) mass is 1160 g/mol. The largest absolute Gasteiger partial charge is 0.500 e. The van der Waals surface area contributed by atoms with Gasteiger partial charge in [-0.05, 0) is 129 Å². The maximum absolute atomic E-state index is 13.8. The number of aromatic nitrogens is 5. The summed E-state index contributed by atoms with van der Waals surface area (Å²) in [5, 5.41) is 8.42. The van der Waals surface area contributed by atoms with Gasteiger partial charge in [-0.25, -0.2) is 13.2 Å². The van der Waals surface area contributed by atoms with Crippen molar-refractivity contribution in [3.8, 4) is 11.1 Å². The number of nitrogens with zero attached hydrogens (tertiary/aromatic N) is 4. The normalized spacial score (nSPS) is 13.1. The third-order valence-corrected chi connectivity index (χ3v) is 12.8. The van der Waals surface area contributed by atoms with Crippen molar-refractivity contribution in [3.05, 3.63) is 225 Å².